The molecule has 1 N–H and O–H groups in total. The van der Waals surface area contributed by atoms with Gasteiger partial charge in [0, 0.05) is 5.56 Å². The topological polar surface area (TPSA) is 74.5 Å². The van der Waals surface area contributed by atoms with Crippen LogP contribution in [0.5, 0.6) is 5.75 Å². The number of amides is 1. The lowest BCUT2D eigenvalue weighted by Gasteiger charge is -2.11. The molecule has 0 bridgehead atoms. The highest BCUT2D eigenvalue weighted by molar-refractivity contribution is 6.37. The lowest BCUT2D eigenvalue weighted by Crippen LogP contribution is -2.19. The fourth-order valence-electron chi connectivity index (χ4n) is 2.70. The van der Waals surface area contributed by atoms with Crippen molar-refractivity contribution in [3.63, 3.8) is 0 Å². The molecule has 0 spiro atoms. The maximum atomic E-state index is 12.9. The molecule has 5 nitrogen and oxygen atoms in total. The van der Waals surface area contributed by atoms with Crippen molar-refractivity contribution in [3.05, 3.63) is 98.8 Å². The molecule has 0 saturated heterocycles. The number of benzene rings is 3. The lowest BCUT2D eigenvalue weighted by atomic mass is 10.1. The second-order valence-corrected chi connectivity index (χ2v) is 7.28. The van der Waals surface area contributed by atoms with E-state index in [1.54, 1.807) is 30.3 Å². The predicted molar refractivity (Wildman–Crippen MR) is 118 cm³/mol. The number of carbonyl (C=O) groups is 1. The Bertz CT molecular complexity index is 1140. The Morgan fingerprint density at radius 2 is 1.81 bits per heavy atom. The average molecular weight is 456 g/mol. The van der Waals surface area contributed by atoms with E-state index < -0.39 is 0 Å². The molecule has 0 aromatic heterocycles. The largest absolute Gasteiger partial charge is 0.486 e. The molecule has 0 unspecified atom stereocenters. The number of rotatable bonds is 7. The molecule has 0 radical (unpaired) electrons. The van der Waals surface area contributed by atoms with Gasteiger partial charge in [-0.3, -0.25) is 4.79 Å². The highest BCUT2D eigenvalue weighted by Gasteiger charge is 2.11. The van der Waals surface area contributed by atoms with Gasteiger partial charge in [0.05, 0.1) is 34.3 Å². The molecule has 0 saturated carbocycles. The summed E-state index contributed by atoms with van der Waals surface area (Å²) in [5.41, 5.74) is 4.84. The molecule has 3 rings (SSSR count). The summed E-state index contributed by atoms with van der Waals surface area (Å²) in [6, 6.07) is 18.0. The molecule has 156 valence electrons. The number of hydrogen-bond donors (Lipinski definition) is 1. The minimum Gasteiger partial charge on any atom is -0.486 e. The van der Waals surface area contributed by atoms with Crippen molar-refractivity contribution in [2.75, 3.05) is 0 Å². The molecule has 0 aliphatic heterocycles. The maximum absolute atomic E-state index is 12.9. The van der Waals surface area contributed by atoms with Gasteiger partial charge < -0.3 is 4.74 Å². The number of nitrogens with zero attached hydrogens (tertiary/aromatic N) is 2. The smallest absolute Gasteiger partial charge is 0.244 e. The van der Waals surface area contributed by atoms with Gasteiger partial charge in [0.2, 0.25) is 5.91 Å². The van der Waals surface area contributed by atoms with E-state index in [9.17, 15) is 9.18 Å². The van der Waals surface area contributed by atoms with Crippen LogP contribution in [0.2, 0.25) is 10.0 Å². The summed E-state index contributed by atoms with van der Waals surface area (Å²) in [7, 11) is 0. The number of carbonyl (C=O) groups excluding carboxylic acids is 1. The summed E-state index contributed by atoms with van der Waals surface area (Å²) in [5.74, 6) is -0.428. The summed E-state index contributed by atoms with van der Waals surface area (Å²) in [4.78, 5) is 11.9. The SMILES string of the molecule is N#Cc1ccccc1COc1c(Cl)cc(/C=N/NC(=O)Cc2ccc(F)cc2)cc1Cl. The molecular weight excluding hydrogens is 440 g/mol. The number of hydrogen-bond acceptors (Lipinski definition) is 4. The second kappa shape index (κ2) is 10.6. The normalized spacial score (nSPS) is 10.6. The maximum Gasteiger partial charge on any atom is 0.244 e. The van der Waals surface area contributed by atoms with Crippen molar-refractivity contribution in [3.8, 4) is 11.8 Å². The predicted octanol–water partition coefficient (Wildman–Crippen LogP) is 5.28. The molecular formula is C23H16Cl2FN3O2. The fourth-order valence-corrected chi connectivity index (χ4v) is 3.32. The molecule has 0 fully saturated rings. The Morgan fingerprint density at radius 1 is 1.13 bits per heavy atom. The van der Waals surface area contributed by atoms with Crippen molar-refractivity contribution in [1.82, 2.24) is 5.43 Å². The van der Waals surface area contributed by atoms with Crippen LogP contribution in [0.3, 0.4) is 0 Å². The van der Waals surface area contributed by atoms with E-state index in [4.69, 9.17) is 33.2 Å². The molecule has 0 heterocycles. The van der Waals surface area contributed by atoms with E-state index in [-0.39, 0.29) is 40.5 Å². The third-order valence-corrected chi connectivity index (χ3v) is 4.77. The van der Waals surface area contributed by atoms with Crippen LogP contribution >= 0.6 is 23.2 Å². The number of nitrogens with one attached hydrogen (secondary N) is 1. The molecule has 3 aromatic carbocycles. The van der Waals surface area contributed by atoms with Crippen LogP contribution < -0.4 is 10.2 Å². The first-order valence-corrected chi connectivity index (χ1v) is 9.88. The molecule has 8 heteroatoms. The minimum absolute atomic E-state index is 0.0656. The quantitative estimate of drug-likeness (QED) is 0.389. The number of hydrazone groups is 1. The molecule has 31 heavy (non-hydrogen) atoms. The standard InChI is InChI=1S/C23H16Cl2FN3O2/c24-20-9-16(13-28-29-22(30)11-15-5-7-19(26)8-6-15)10-21(25)23(20)31-14-18-4-2-1-3-17(18)12-27/h1-10,13H,11,14H2,(H,29,30)/b28-13+. The molecule has 0 aliphatic rings. The highest BCUT2D eigenvalue weighted by atomic mass is 35.5. The van der Waals surface area contributed by atoms with E-state index in [0.29, 0.717) is 22.3 Å². The van der Waals surface area contributed by atoms with Crippen molar-refractivity contribution < 1.29 is 13.9 Å². The first-order chi connectivity index (χ1) is 15.0. The van der Waals surface area contributed by atoms with Crippen molar-refractivity contribution in [2.24, 2.45) is 5.10 Å². The van der Waals surface area contributed by atoms with Gasteiger partial charge >= 0.3 is 0 Å². The van der Waals surface area contributed by atoms with Gasteiger partial charge in [-0.05, 0) is 41.5 Å². The molecule has 0 aliphatic carbocycles. The van der Waals surface area contributed by atoms with E-state index >= 15 is 0 Å². The fraction of sp³-hybridized carbons (Fsp3) is 0.0870. The second-order valence-electron chi connectivity index (χ2n) is 6.47. The monoisotopic (exact) mass is 455 g/mol. The summed E-state index contributed by atoms with van der Waals surface area (Å²) in [5, 5.41) is 13.6. The zero-order valence-corrected chi connectivity index (χ0v) is 17.6. The minimum atomic E-state index is -0.363. The Balaban J connectivity index is 1.61. The van der Waals surface area contributed by atoms with Gasteiger partial charge in [-0.1, -0.05) is 53.5 Å². The Labute approximate surface area is 188 Å². The van der Waals surface area contributed by atoms with Gasteiger partial charge in [0.1, 0.15) is 12.4 Å². The number of ether oxygens (including phenoxy) is 1. The third kappa shape index (κ3) is 6.29. The first-order valence-electron chi connectivity index (χ1n) is 9.12. The third-order valence-electron chi connectivity index (χ3n) is 4.21. The van der Waals surface area contributed by atoms with Crippen LogP contribution in [0.1, 0.15) is 22.3 Å². The van der Waals surface area contributed by atoms with Crippen LogP contribution in [0.25, 0.3) is 0 Å². The Morgan fingerprint density at radius 3 is 2.48 bits per heavy atom. The van der Waals surface area contributed by atoms with Gasteiger partial charge in [-0.2, -0.15) is 10.4 Å². The van der Waals surface area contributed by atoms with E-state index in [0.717, 1.165) is 0 Å². The van der Waals surface area contributed by atoms with Crippen LogP contribution in [-0.4, -0.2) is 12.1 Å². The van der Waals surface area contributed by atoms with Crippen molar-refractivity contribution in [2.45, 2.75) is 13.0 Å². The summed E-state index contributed by atoms with van der Waals surface area (Å²) >= 11 is 12.6. The van der Waals surface area contributed by atoms with Crippen molar-refractivity contribution >= 4 is 35.3 Å². The Hall–Kier alpha value is -3.40. The van der Waals surface area contributed by atoms with E-state index in [1.807, 2.05) is 6.07 Å². The van der Waals surface area contributed by atoms with Gasteiger partial charge in [-0.25, -0.2) is 9.82 Å². The van der Waals surface area contributed by atoms with Gasteiger partial charge in [0.25, 0.3) is 0 Å². The Kier molecular flexibility index (Phi) is 7.60. The summed E-state index contributed by atoms with van der Waals surface area (Å²) < 4.78 is 18.6. The highest BCUT2D eigenvalue weighted by Crippen LogP contribution is 2.34. The van der Waals surface area contributed by atoms with Gasteiger partial charge in [-0.15, -0.1) is 0 Å². The van der Waals surface area contributed by atoms with Crippen LogP contribution in [0, 0.1) is 17.1 Å². The zero-order valence-electron chi connectivity index (χ0n) is 16.1. The van der Waals surface area contributed by atoms with Crippen molar-refractivity contribution in [1.29, 1.82) is 5.26 Å². The van der Waals surface area contributed by atoms with Crippen LogP contribution in [0.4, 0.5) is 4.39 Å². The summed E-state index contributed by atoms with van der Waals surface area (Å²) in [6.07, 6.45) is 1.46. The average Bonchev–Trinajstić information content (AvgIpc) is 2.75. The van der Waals surface area contributed by atoms with E-state index in [2.05, 4.69) is 16.6 Å². The zero-order chi connectivity index (χ0) is 22.2. The van der Waals surface area contributed by atoms with Gasteiger partial charge in [0.15, 0.2) is 5.75 Å². The first kappa shape index (κ1) is 22.3. The van der Waals surface area contributed by atoms with E-state index in [1.165, 1.54) is 30.5 Å². The summed E-state index contributed by atoms with van der Waals surface area (Å²) in [6.45, 7) is 0.135. The van der Waals surface area contributed by atoms with Crippen LogP contribution in [-0.2, 0) is 17.8 Å². The van der Waals surface area contributed by atoms with Crippen LogP contribution in [0.15, 0.2) is 65.8 Å². The lowest BCUT2D eigenvalue weighted by molar-refractivity contribution is -0.120. The molecule has 3 aromatic rings. The molecule has 1 amide bonds. The molecule has 0 atom stereocenters. The number of nitriles is 1. The number of halogens is 3.